The minimum absolute atomic E-state index is 0.110. The van der Waals surface area contributed by atoms with Gasteiger partial charge in [-0.15, -0.1) is 0 Å². The molecule has 0 N–H and O–H groups in total. The first-order valence-electron chi connectivity index (χ1n) is 10.4. The Morgan fingerprint density at radius 1 is 0.875 bits per heavy atom. The van der Waals surface area contributed by atoms with Gasteiger partial charge in [0, 0.05) is 10.9 Å². The topological polar surface area (TPSA) is 31.4 Å². The van der Waals surface area contributed by atoms with E-state index in [2.05, 4.69) is 9.72 Å². The highest BCUT2D eigenvalue weighted by molar-refractivity contribution is 5.88. The van der Waals surface area contributed by atoms with Gasteiger partial charge in [0.25, 0.3) is 0 Å². The van der Waals surface area contributed by atoms with Gasteiger partial charge in [0.15, 0.2) is 0 Å². The minimum atomic E-state index is -2.85. The van der Waals surface area contributed by atoms with Gasteiger partial charge in [-0.25, -0.2) is 4.39 Å². The number of pyridine rings is 1. The zero-order chi connectivity index (χ0) is 22.5. The lowest BCUT2D eigenvalue weighted by Crippen LogP contribution is -2.02. The van der Waals surface area contributed by atoms with E-state index in [9.17, 15) is 8.78 Å². The maximum absolute atomic E-state index is 15.1. The third kappa shape index (κ3) is 5.02. The number of fused-ring (bicyclic) bond motifs is 1. The number of rotatable bonds is 8. The summed E-state index contributed by atoms with van der Waals surface area (Å²) in [5.41, 5.74) is 3.22. The molecule has 0 bridgehead atoms. The molecule has 1 aromatic heterocycles. The number of nitrogens with zero attached hydrogens (tertiary/aromatic N) is 1. The molecule has 0 fully saturated rings. The normalized spacial score (nSPS) is 11.2. The molecule has 3 nitrogen and oxygen atoms in total. The highest BCUT2D eigenvalue weighted by atomic mass is 19.3. The predicted octanol–water partition coefficient (Wildman–Crippen LogP) is 6.83. The predicted molar refractivity (Wildman–Crippen MR) is 119 cm³/mol. The Hall–Kier alpha value is -3.54. The summed E-state index contributed by atoms with van der Waals surface area (Å²) in [6, 6.07) is 19.4. The Bertz CT molecular complexity index is 1190. The van der Waals surface area contributed by atoms with Crippen molar-refractivity contribution in [2.45, 2.75) is 26.4 Å². The van der Waals surface area contributed by atoms with Gasteiger partial charge in [0.2, 0.25) is 0 Å². The summed E-state index contributed by atoms with van der Waals surface area (Å²) in [6.07, 6.45) is 2.77. The fourth-order valence-corrected chi connectivity index (χ4v) is 3.61. The number of ether oxygens (including phenoxy) is 2. The van der Waals surface area contributed by atoms with Crippen LogP contribution in [0.1, 0.15) is 18.1 Å². The maximum Gasteiger partial charge on any atom is 0.387 e. The summed E-state index contributed by atoms with van der Waals surface area (Å²) in [5, 5.41) is 1.35. The molecule has 3 aromatic carbocycles. The first-order chi connectivity index (χ1) is 15.5. The molecule has 0 aliphatic carbocycles. The summed E-state index contributed by atoms with van der Waals surface area (Å²) in [7, 11) is 0. The van der Waals surface area contributed by atoms with Crippen LogP contribution >= 0.6 is 0 Å². The molecule has 0 radical (unpaired) electrons. The fraction of sp³-hybridized carbons (Fsp3) is 0.192. The van der Waals surface area contributed by atoms with Crippen LogP contribution in [0.25, 0.3) is 22.0 Å². The van der Waals surface area contributed by atoms with E-state index >= 15 is 4.39 Å². The molecule has 1 heterocycles. The first kappa shape index (κ1) is 21.7. The molecule has 0 aliphatic heterocycles. The lowest BCUT2D eigenvalue weighted by Gasteiger charge is -2.10. The van der Waals surface area contributed by atoms with E-state index < -0.39 is 6.61 Å². The molecule has 0 atom stereocenters. The lowest BCUT2D eigenvalue weighted by atomic mass is 9.98. The van der Waals surface area contributed by atoms with Gasteiger partial charge in [-0.05, 0) is 66.6 Å². The molecule has 6 heteroatoms. The van der Waals surface area contributed by atoms with Crippen LogP contribution in [0.4, 0.5) is 13.2 Å². The monoisotopic (exact) mass is 437 g/mol. The smallest absolute Gasteiger partial charge is 0.387 e. The molecule has 0 unspecified atom stereocenters. The molecule has 0 aliphatic rings. The Labute approximate surface area is 184 Å². The lowest BCUT2D eigenvalue weighted by molar-refractivity contribution is -0.0498. The number of aryl methyl sites for hydroxylation is 2. The fourth-order valence-electron chi connectivity index (χ4n) is 3.61. The summed E-state index contributed by atoms with van der Waals surface area (Å²) in [4.78, 5) is 4.43. The van der Waals surface area contributed by atoms with Crippen LogP contribution in [-0.4, -0.2) is 18.2 Å². The summed E-state index contributed by atoms with van der Waals surface area (Å²) >= 11 is 0. The molecule has 32 heavy (non-hydrogen) atoms. The van der Waals surface area contributed by atoms with Crippen molar-refractivity contribution in [1.82, 2.24) is 4.98 Å². The van der Waals surface area contributed by atoms with Gasteiger partial charge >= 0.3 is 6.61 Å². The summed E-state index contributed by atoms with van der Waals surface area (Å²) in [5.74, 6) is 0.578. The van der Waals surface area contributed by atoms with E-state index in [0.717, 1.165) is 22.2 Å². The number of halogens is 3. The number of aromatic nitrogens is 1. The van der Waals surface area contributed by atoms with Gasteiger partial charge in [-0.1, -0.05) is 36.4 Å². The SMILES string of the molecule is CCOc1ccc(-c2ccc3c(F)c(CCc4ccc(OC(F)F)cc4)ccc3c2)nc1. The second-order valence-corrected chi connectivity index (χ2v) is 7.31. The average Bonchev–Trinajstić information content (AvgIpc) is 2.80. The largest absolute Gasteiger partial charge is 0.492 e. The van der Waals surface area contributed by atoms with Crippen molar-refractivity contribution in [3.8, 4) is 22.8 Å². The standard InChI is InChI=1S/C26H22F3NO2/c1-2-31-22-12-14-24(30-16-22)20-9-13-23-19(15-20)8-7-18(25(23)27)6-3-17-4-10-21(11-5-17)32-26(28)29/h4-5,7-16,26H,2-3,6H2,1H3. The van der Waals surface area contributed by atoms with Crippen LogP contribution in [0.2, 0.25) is 0 Å². The highest BCUT2D eigenvalue weighted by Crippen LogP contribution is 2.28. The van der Waals surface area contributed by atoms with E-state index in [0.29, 0.717) is 36.1 Å². The van der Waals surface area contributed by atoms with Crippen LogP contribution in [0.3, 0.4) is 0 Å². The van der Waals surface area contributed by atoms with Crippen LogP contribution in [0, 0.1) is 5.82 Å². The zero-order valence-electron chi connectivity index (χ0n) is 17.5. The summed E-state index contributed by atoms with van der Waals surface area (Å²) in [6.45, 7) is -0.350. The van der Waals surface area contributed by atoms with E-state index in [4.69, 9.17) is 4.74 Å². The summed E-state index contributed by atoms with van der Waals surface area (Å²) < 4.78 is 49.4. The number of alkyl halides is 2. The molecular weight excluding hydrogens is 415 g/mol. The third-order valence-electron chi connectivity index (χ3n) is 5.21. The van der Waals surface area contributed by atoms with Crippen LogP contribution in [0.15, 0.2) is 72.9 Å². The third-order valence-corrected chi connectivity index (χ3v) is 5.21. The zero-order valence-corrected chi connectivity index (χ0v) is 17.5. The number of hydrogen-bond acceptors (Lipinski definition) is 3. The molecule has 4 aromatic rings. The second kappa shape index (κ2) is 9.73. The molecule has 0 spiro atoms. The maximum atomic E-state index is 15.1. The van der Waals surface area contributed by atoms with Crippen molar-refractivity contribution in [2.75, 3.05) is 6.61 Å². The molecule has 164 valence electrons. The molecular formula is C26H22F3NO2. The van der Waals surface area contributed by atoms with Crippen molar-refractivity contribution >= 4 is 10.8 Å². The van der Waals surface area contributed by atoms with E-state index in [1.807, 2.05) is 37.3 Å². The van der Waals surface area contributed by atoms with Gasteiger partial charge in [0.05, 0.1) is 18.5 Å². The van der Waals surface area contributed by atoms with Gasteiger partial charge < -0.3 is 9.47 Å². The highest BCUT2D eigenvalue weighted by Gasteiger charge is 2.10. The molecule has 0 saturated heterocycles. The van der Waals surface area contributed by atoms with E-state index in [1.165, 1.54) is 12.1 Å². The van der Waals surface area contributed by atoms with E-state index in [1.54, 1.807) is 30.5 Å². The Morgan fingerprint density at radius 3 is 2.34 bits per heavy atom. The second-order valence-electron chi connectivity index (χ2n) is 7.31. The van der Waals surface area contributed by atoms with Gasteiger partial charge in [0.1, 0.15) is 17.3 Å². The quantitative estimate of drug-likeness (QED) is 0.303. The van der Waals surface area contributed by atoms with Gasteiger partial charge in [-0.3, -0.25) is 4.98 Å². The van der Waals surface area contributed by atoms with Crippen LogP contribution in [-0.2, 0) is 12.8 Å². The first-order valence-corrected chi connectivity index (χ1v) is 10.4. The van der Waals surface area contributed by atoms with Crippen molar-refractivity contribution in [3.05, 3.63) is 89.9 Å². The molecule has 0 amide bonds. The van der Waals surface area contributed by atoms with Crippen molar-refractivity contribution < 1.29 is 22.6 Å². The Kier molecular flexibility index (Phi) is 6.59. The average molecular weight is 437 g/mol. The van der Waals surface area contributed by atoms with Crippen LogP contribution < -0.4 is 9.47 Å². The Balaban J connectivity index is 1.49. The molecule has 0 saturated carbocycles. The number of benzene rings is 3. The minimum Gasteiger partial charge on any atom is -0.492 e. The van der Waals surface area contributed by atoms with Crippen molar-refractivity contribution in [2.24, 2.45) is 0 Å². The Morgan fingerprint density at radius 2 is 1.66 bits per heavy atom. The van der Waals surface area contributed by atoms with Gasteiger partial charge in [-0.2, -0.15) is 8.78 Å². The number of hydrogen-bond donors (Lipinski definition) is 0. The van der Waals surface area contributed by atoms with E-state index in [-0.39, 0.29) is 11.6 Å². The van der Waals surface area contributed by atoms with Crippen molar-refractivity contribution in [1.29, 1.82) is 0 Å². The van der Waals surface area contributed by atoms with Crippen molar-refractivity contribution in [3.63, 3.8) is 0 Å². The van der Waals surface area contributed by atoms with Crippen LogP contribution in [0.5, 0.6) is 11.5 Å². The molecule has 4 rings (SSSR count).